The van der Waals surface area contributed by atoms with Crippen LogP contribution in [0.1, 0.15) is 11.7 Å². The number of carbonyl (C=O) groups excluding carboxylic acids is 1. The van der Waals surface area contributed by atoms with Crippen LogP contribution in [-0.2, 0) is 14.3 Å². The van der Waals surface area contributed by atoms with Crippen LogP contribution in [0, 0.1) is 0 Å². The lowest BCUT2D eigenvalue weighted by atomic mass is 10.1. The van der Waals surface area contributed by atoms with E-state index in [9.17, 15) is 9.90 Å². The van der Waals surface area contributed by atoms with Crippen LogP contribution in [0.4, 0.5) is 0 Å². The number of benzene rings is 1. The van der Waals surface area contributed by atoms with Crippen LogP contribution in [0.3, 0.4) is 0 Å². The molecule has 1 rings (SSSR count). The Bertz CT molecular complexity index is 322. The number of hydrogen-bond donors (Lipinski definition) is 1. The summed E-state index contributed by atoms with van der Waals surface area (Å²) in [5.41, 5.74) is 0.404. The van der Waals surface area contributed by atoms with Crippen molar-refractivity contribution < 1.29 is 19.4 Å². The van der Waals surface area contributed by atoms with Gasteiger partial charge in [-0.3, -0.25) is 0 Å². The van der Waals surface area contributed by atoms with E-state index in [1.54, 1.807) is 18.2 Å². The number of phenolic OH excluding ortho intramolecular Hbond substituents is 1. The third-order valence-electron chi connectivity index (χ3n) is 1.87. The molecule has 0 heterocycles. The van der Waals surface area contributed by atoms with E-state index in [2.05, 4.69) is 4.74 Å². The number of esters is 1. The Balaban J connectivity index is 3.01. The Hall–Kier alpha value is -1.55. The Morgan fingerprint density at radius 3 is 2.50 bits per heavy atom. The molecule has 4 heteroatoms. The van der Waals surface area contributed by atoms with Crippen molar-refractivity contribution >= 4 is 5.97 Å². The molecule has 1 aromatic rings. The molecule has 1 N–H and O–H groups in total. The lowest BCUT2D eigenvalue weighted by Gasteiger charge is -2.13. The van der Waals surface area contributed by atoms with Gasteiger partial charge in [-0.2, -0.15) is 0 Å². The number of phenols is 1. The van der Waals surface area contributed by atoms with Crippen LogP contribution in [0.15, 0.2) is 24.3 Å². The Morgan fingerprint density at radius 2 is 2.00 bits per heavy atom. The summed E-state index contributed by atoms with van der Waals surface area (Å²) in [5.74, 6) is -0.515. The van der Waals surface area contributed by atoms with Crippen molar-refractivity contribution in [2.24, 2.45) is 0 Å². The molecule has 0 saturated heterocycles. The minimum atomic E-state index is -0.874. The summed E-state index contributed by atoms with van der Waals surface area (Å²) in [4.78, 5) is 11.2. The lowest BCUT2D eigenvalue weighted by Crippen LogP contribution is -2.16. The fraction of sp³-hybridized carbons (Fsp3) is 0.300. The average molecular weight is 196 g/mol. The van der Waals surface area contributed by atoms with Gasteiger partial charge in [-0.25, -0.2) is 4.79 Å². The van der Waals surface area contributed by atoms with E-state index in [0.29, 0.717) is 5.56 Å². The predicted octanol–water partition coefficient (Wildman–Crippen LogP) is 1.25. The monoisotopic (exact) mass is 196 g/mol. The highest BCUT2D eigenvalue weighted by Crippen LogP contribution is 2.26. The van der Waals surface area contributed by atoms with Crippen molar-refractivity contribution in [3.8, 4) is 5.75 Å². The molecule has 0 fully saturated rings. The zero-order valence-electron chi connectivity index (χ0n) is 8.06. The van der Waals surface area contributed by atoms with Gasteiger partial charge < -0.3 is 14.6 Å². The van der Waals surface area contributed by atoms with Gasteiger partial charge in [0.25, 0.3) is 0 Å². The number of rotatable bonds is 3. The molecule has 0 unspecified atom stereocenters. The number of methoxy groups -OCH3 is 2. The molecule has 4 nitrogen and oxygen atoms in total. The van der Waals surface area contributed by atoms with Gasteiger partial charge in [0.1, 0.15) is 5.75 Å². The summed E-state index contributed by atoms with van der Waals surface area (Å²) in [6, 6.07) is 6.48. The molecule has 1 atom stereocenters. The lowest BCUT2D eigenvalue weighted by molar-refractivity contribution is -0.152. The summed E-state index contributed by atoms with van der Waals surface area (Å²) in [5, 5.41) is 9.47. The minimum Gasteiger partial charge on any atom is -0.508 e. The molecule has 0 spiro atoms. The predicted molar refractivity (Wildman–Crippen MR) is 49.9 cm³/mol. The van der Waals surface area contributed by atoms with Crippen LogP contribution in [0.25, 0.3) is 0 Å². The molecule has 0 aliphatic rings. The third-order valence-corrected chi connectivity index (χ3v) is 1.87. The van der Waals surface area contributed by atoms with Gasteiger partial charge in [-0.05, 0) is 6.07 Å². The first-order valence-electron chi connectivity index (χ1n) is 4.09. The van der Waals surface area contributed by atoms with E-state index >= 15 is 0 Å². The summed E-state index contributed by atoms with van der Waals surface area (Å²) < 4.78 is 9.47. The van der Waals surface area contributed by atoms with Crippen molar-refractivity contribution in [1.82, 2.24) is 0 Å². The number of hydrogen-bond acceptors (Lipinski definition) is 4. The SMILES string of the molecule is COC(=O)[C@@H](OC)c1ccccc1O. The first-order valence-corrected chi connectivity index (χ1v) is 4.09. The van der Waals surface area contributed by atoms with E-state index in [4.69, 9.17) is 4.74 Å². The molecule has 14 heavy (non-hydrogen) atoms. The van der Waals surface area contributed by atoms with Gasteiger partial charge in [0, 0.05) is 12.7 Å². The van der Waals surface area contributed by atoms with Crippen LogP contribution in [-0.4, -0.2) is 25.3 Å². The molecule has 76 valence electrons. The Kier molecular flexibility index (Phi) is 3.48. The maximum absolute atomic E-state index is 11.2. The van der Waals surface area contributed by atoms with E-state index in [-0.39, 0.29) is 5.75 Å². The van der Waals surface area contributed by atoms with E-state index in [1.165, 1.54) is 20.3 Å². The second-order valence-electron chi connectivity index (χ2n) is 2.70. The molecule has 1 aromatic carbocycles. The molecule has 0 aromatic heterocycles. The molecular formula is C10H12O4. The second-order valence-corrected chi connectivity index (χ2v) is 2.70. The number of para-hydroxylation sites is 1. The smallest absolute Gasteiger partial charge is 0.339 e. The number of ether oxygens (including phenoxy) is 2. The van der Waals surface area contributed by atoms with Gasteiger partial charge in [-0.1, -0.05) is 18.2 Å². The summed E-state index contributed by atoms with van der Waals surface area (Å²) in [7, 11) is 2.66. The van der Waals surface area contributed by atoms with Crippen molar-refractivity contribution in [3.05, 3.63) is 29.8 Å². The van der Waals surface area contributed by atoms with Crippen LogP contribution < -0.4 is 0 Å². The molecule has 0 bridgehead atoms. The standard InChI is InChI=1S/C10H12O4/c1-13-9(10(12)14-2)7-5-3-4-6-8(7)11/h3-6,9,11H,1-2H3/t9-/m0/s1. The largest absolute Gasteiger partial charge is 0.508 e. The van der Waals surface area contributed by atoms with Gasteiger partial charge >= 0.3 is 5.97 Å². The summed E-state index contributed by atoms with van der Waals surface area (Å²) in [6.45, 7) is 0. The minimum absolute atomic E-state index is 0.0183. The highest BCUT2D eigenvalue weighted by Gasteiger charge is 2.23. The van der Waals surface area contributed by atoms with E-state index in [1.807, 2.05) is 0 Å². The van der Waals surface area contributed by atoms with Crippen LogP contribution in [0.5, 0.6) is 5.75 Å². The Labute approximate surface area is 82.1 Å². The number of aromatic hydroxyl groups is 1. The van der Waals surface area contributed by atoms with Gasteiger partial charge in [0.2, 0.25) is 0 Å². The highest BCUT2D eigenvalue weighted by molar-refractivity contribution is 5.77. The maximum Gasteiger partial charge on any atom is 0.339 e. The fourth-order valence-electron chi connectivity index (χ4n) is 1.17. The van der Waals surface area contributed by atoms with Crippen LogP contribution >= 0.6 is 0 Å². The summed E-state index contributed by atoms with van der Waals surface area (Å²) in [6.07, 6.45) is -0.874. The average Bonchev–Trinajstić information content (AvgIpc) is 2.21. The van der Waals surface area contributed by atoms with Crippen LogP contribution in [0.2, 0.25) is 0 Å². The van der Waals surface area contributed by atoms with Gasteiger partial charge in [0.15, 0.2) is 6.10 Å². The fourth-order valence-corrected chi connectivity index (χ4v) is 1.17. The summed E-state index contributed by atoms with van der Waals surface area (Å²) >= 11 is 0. The normalized spacial score (nSPS) is 12.1. The molecule has 0 aliphatic heterocycles. The second kappa shape index (κ2) is 4.62. The quantitative estimate of drug-likeness (QED) is 0.739. The topological polar surface area (TPSA) is 55.8 Å². The zero-order valence-corrected chi connectivity index (χ0v) is 8.06. The maximum atomic E-state index is 11.2. The third kappa shape index (κ3) is 2.03. The highest BCUT2D eigenvalue weighted by atomic mass is 16.6. The zero-order chi connectivity index (χ0) is 10.6. The van der Waals surface area contributed by atoms with Gasteiger partial charge in [-0.15, -0.1) is 0 Å². The molecule has 0 radical (unpaired) electrons. The van der Waals surface area contributed by atoms with Gasteiger partial charge in [0.05, 0.1) is 7.11 Å². The first kappa shape index (κ1) is 10.5. The molecular weight excluding hydrogens is 184 g/mol. The first-order chi connectivity index (χ1) is 6.70. The van der Waals surface area contributed by atoms with Crippen molar-refractivity contribution in [2.75, 3.05) is 14.2 Å². The Morgan fingerprint density at radius 1 is 1.36 bits per heavy atom. The van der Waals surface area contributed by atoms with E-state index < -0.39 is 12.1 Å². The molecule has 0 saturated carbocycles. The van der Waals surface area contributed by atoms with Crippen molar-refractivity contribution in [1.29, 1.82) is 0 Å². The van der Waals surface area contributed by atoms with Crippen molar-refractivity contribution in [2.45, 2.75) is 6.10 Å². The molecule has 0 aliphatic carbocycles. The van der Waals surface area contributed by atoms with Crippen molar-refractivity contribution in [3.63, 3.8) is 0 Å². The van der Waals surface area contributed by atoms with E-state index in [0.717, 1.165) is 0 Å². The molecule has 0 amide bonds. The number of carbonyl (C=O) groups is 1.